The van der Waals surface area contributed by atoms with Crippen molar-refractivity contribution in [2.24, 2.45) is 0 Å². The quantitative estimate of drug-likeness (QED) is 0.881. The first-order valence-electron chi connectivity index (χ1n) is 6.64. The highest BCUT2D eigenvalue weighted by Crippen LogP contribution is 2.22. The van der Waals surface area contributed by atoms with Gasteiger partial charge in [-0.15, -0.1) is 0 Å². The van der Waals surface area contributed by atoms with Crippen LogP contribution in [0.15, 0.2) is 33.7 Å². The van der Waals surface area contributed by atoms with Crippen LogP contribution in [-0.2, 0) is 16.6 Å². The van der Waals surface area contributed by atoms with Gasteiger partial charge in [0.15, 0.2) is 0 Å². The average molecular weight is 358 g/mol. The third-order valence-electron chi connectivity index (χ3n) is 3.07. The van der Waals surface area contributed by atoms with Gasteiger partial charge in [0.05, 0.1) is 22.0 Å². The predicted molar refractivity (Wildman–Crippen MR) is 84.7 cm³/mol. The molecule has 1 N–H and O–H groups in total. The smallest absolute Gasteiger partial charge is 0.253 e. The highest BCUT2D eigenvalue weighted by atomic mass is 35.5. The standard InChI is InChI=1S/C14H16ClN3O4S/c1-9-6-10(17-22-9)8-16-14(19)12-7-11(4-5-13(12)15)23(20,21)18(2)3/h4-7H,8H2,1-3H3,(H,16,19). The van der Waals surface area contributed by atoms with Gasteiger partial charge in [-0.3, -0.25) is 4.79 Å². The fourth-order valence-electron chi connectivity index (χ4n) is 1.82. The van der Waals surface area contributed by atoms with Crippen molar-refractivity contribution in [3.63, 3.8) is 0 Å². The molecule has 1 aromatic carbocycles. The SMILES string of the molecule is Cc1cc(CNC(=O)c2cc(S(=O)(=O)N(C)C)ccc2Cl)no1. The number of sulfonamides is 1. The second-order valence-corrected chi connectivity index (χ2v) is 7.60. The highest BCUT2D eigenvalue weighted by molar-refractivity contribution is 7.89. The summed E-state index contributed by atoms with van der Waals surface area (Å²) in [6, 6.07) is 5.68. The Bertz CT molecular complexity index is 830. The molecular weight excluding hydrogens is 342 g/mol. The van der Waals surface area contributed by atoms with Gasteiger partial charge in [-0.05, 0) is 25.1 Å². The number of benzene rings is 1. The number of nitrogens with zero attached hydrogens (tertiary/aromatic N) is 2. The van der Waals surface area contributed by atoms with Gasteiger partial charge >= 0.3 is 0 Å². The summed E-state index contributed by atoms with van der Waals surface area (Å²) in [5.74, 6) is 0.137. The van der Waals surface area contributed by atoms with E-state index in [0.717, 1.165) is 4.31 Å². The minimum atomic E-state index is -3.65. The van der Waals surface area contributed by atoms with Gasteiger partial charge in [-0.1, -0.05) is 16.8 Å². The van der Waals surface area contributed by atoms with E-state index in [1.807, 2.05) is 0 Å². The molecule has 0 aliphatic rings. The molecule has 2 rings (SSSR count). The maximum atomic E-state index is 12.2. The van der Waals surface area contributed by atoms with Crippen LogP contribution < -0.4 is 5.32 Å². The zero-order valence-corrected chi connectivity index (χ0v) is 14.4. The van der Waals surface area contributed by atoms with E-state index >= 15 is 0 Å². The average Bonchev–Trinajstić information content (AvgIpc) is 2.90. The number of aryl methyl sites for hydroxylation is 1. The molecule has 23 heavy (non-hydrogen) atoms. The third kappa shape index (κ3) is 3.90. The van der Waals surface area contributed by atoms with Gasteiger partial charge in [0.2, 0.25) is 10.0 Å². The zero-order valence-electron chi connectivity index (χ0n) is 12.8. The summed E-state index contributed by atoms with van der Waals surface area (Å²) in [5.41, 5.74) is 0.638. The molecule has 0 spiro atoms. The largest absolute Gasteiger partial charge is 0.361 e. The molecular formula is C14H16ClN3O4S. The number of carbonyl (C=O) groups excluding carboxylic acids is 1. The second kappa shape index (κ2) is 6.69. The first-order valence-corrected chi connectivity index (χ1v) is 8.46. The zero-order chi connectivity index (χ0) is 17.2. The number of hydrogen-bond acceptors (Lipinski definition) is 5. The Balaban J connectivity index is 2.23. The van der Waals surface area contributed by atoms with Crippen molar-refractivity contribution < 1.29 is 17.7 Å². The minimum absolute atomic E-state index is 0.00525. The normalized spacial score (nSPS) is 11.7. The fourth-order valence-corrected chi connectivity index (χ4v) is 2.95. The van der Waals surface area contributed by atoms with Gasteiger partial charge in [0.1, 0.15) is 11.5 Å². The fraction of sp³-hybridized carbons (Fsp3) is 0.286. The van der Waals surface area contributed by atoms with Crippen molar-refractivity contribution in [3.05, 3.63) is 46.3 Å². The molecule has 0 aliphatic heterocycles. The molecule has 1 aromatic heterocycles. The lowest BCUT2D eigenvalue weighted by atomic mass is 10.2. The van der Waals surface area contributed by atoms with Crippen molar-refractivity contribution in [1.82, 2.24) is 14.8 Å². The summed E-state index contributed by atoms with van der Waals surface area (Å²) in [4.78, 5) is 12.2. The minimum Gasteiger partial charge on any atom is -0.361 e. The number of aromatic nitrogens is 1. The van der Waals surface area contributed by atoms with Gasteiger partial charge in [-0.2, -0.15) is 0 Å². The first kappa shape index (κ1) is 17.5. The lowest BCUT2D eigenvalue weighted by molar-refractivity contribution is 0.0950. The number of hydrogen-bond donors (Lipinski definition) is 1. The number of nitrogens with one attached hydrogen (secondary N) is 1. The Morgan fingerprint density at radius 2 is 2.04 bits per heavy atom. The highest BCUT2D eigenvalue weighted by Gasteiger charge is 2.20. The van der Waals surface area contributed by atoms with Crippen molar-refractivity contribution in [2.45, 2.75) is 18.4 Å². The molecule has 0 unspecified atom stereocenters. The molecule has 124 valence electrons. The lowest BCUT2D eigenvalue weighted by Gasteiger charge is -2.13. The van der Waals surface area contributed by atoms with Gasteiger partial charge < -0.3 is 9.84 Å². The molecule has 7 nitrogen and oxygen atoms in total. The molecule has 0 saturated heterocycles. The summed E-state index contributed by atoms with van der Waals surface area (Å²) in [7, 11) is -0.820. The third-order valence-corrected chi connectivity index (χ3v) is 5.21. The maximum absolute atomic E-state index is 12.2. The summed E-state index contributed by atoms with van der Waals surface area (Å²) >= 11 is 6.00. The molecule has 0 bridgehead atoms. The summed E-state index contributed by atoms with van der Waals surface area (Å²) < 4.78 is 30.2. The van der Waals surface area contributed by atoms with E-state index in [1.54, 1.807) is 13.0 Å². The molecule has 0 atom stereocenters. The van der Waals surface area contributed by atoms with Crippen LogP contribution in [0.4, 0.5) is 0 Å². The summed E-state index contributed by atoms with van der Waals surface area (Å²) in [5, 5.41) is 6.55. The van der Waals surface area contributed by atoms with E-state index in [2.05, 4.69) is 10.5 Å². The Hall–Kier alpha value is -1.90. The van der Waals surface area contributed by atoms with E-state index in [9.17, 15) is 13.2 Å². The molecule has 2 aromatic rings. The van der Waals surface area contributed by atoms with E-state index in [-0.39, 0.29) is 22.0 Å². The van der Waals surface area contributed by atoms with Crippen LogP contribution in [0.2, 0.25) is 5.02 Å². The molecule has 0 radical (unpaired) electrons. The van der Waals surface area contributed by atoms with Crippen LogP contribution in [-0.4, -0.2) is 37.9 Å². The molecule has 9 heteroatoms. The van der Waals surface area contributed by atoms with Gasteiger partial charge in [-0.25, -0.2) is 12.7 Å². The molecule has 0 fully saturated rings. The topological polar surface area (TPSA) is 92.5 Å². The molecule has 1 heterocycles. The van der Waals surface area contributed by atoms with Crippen molar-refractivity contribution in [3.8, 4) is 0 Å². The van der Waals surface area contributed by atoms with Crippen LogP contribution >= 0.6 is 11.6 Å². The second-order valence-electron chi connectivity index (χ2n) is 5.04. The van der Waals surface area contributed by atoms with Crippen LogP contribution in [0, 0.1) is 6.92 Å². The summed E-state index contributed by atoms with van der Waals surface area (Å²) in [6.07, 6.45) is 0. The van der Waals surface area contributed by atoms with E-state index in [4.69, 9.17) is 16.1 Å². The van der Waals surface area contributed by atoms with Crippen molar-refractivity contribution in [1.29, 1.82) is 0 Å². The number of halogens is 1. The van der Waals surface area contributed by atoms with Crippen LogP contribution in [0.25, 0.3) is 0 Å². The number of amides is 1. The van der Waals surface area contributed by atoms with E-state index in [1.165, 1.54) is 32.3 Å². The Kier molecular flexibility index (Phi) is 5.08. The van der Waals surface area contributed by atoms with Crippen LogP contribution in [0.1, 0.15) is 21.8 Å². The van der Waals surface area contributed by atoms with E-state index in [0.29, 0.717) is 11.5 Å². The Labute approximate surface area is 139 Å². The lowest BCUT2D eigenvalue weighted by Crippen LogP contribution is -2.25. The predicted octanol–water partition coefficient (Wildman–Crippen LogP) is 1.82. The Morgan fingerprint density at radius 3 is 2.61 bits per heavy atom. The number of carbonyl (C=O) groups is 1. The van der Waals surface area contributed by atoms with Crippen LogP contribution in [0.5, 0.6) is 0 Å². The van der Waals surface area contributed by atoms with Gasteiger partial charge in [0, 0.05) is 20.2 Å². The van der Waals surface area contributed by atoms with Crippen molar-refractivity contribution in [2.75, 3.05) is 14.1 Å². The van der Waals surface area contributed by atoms with E-state index < -0.39 is 15.9 Å². The van der Waals surface area contributed by atoms with Gasteiger partial charge in [0.25, 0.3) is 5.91 Å². The summed E-state index contributed by atoms with van der Waals surface area (Å²) in [6.45, 7) is 1.89. The number of rotatable bonds is 5. The molecule has 1 amide bonds. The Morgan fingerprint density at radius 1 is 1.35 bits per heavy atom. The monoisotopic (exact) mass is 357 g/mol. The first-order chi connectivity index (χ1) is 10.7. The van der Waals surface area contributed by atoms with Crippen molar-refractivity contribution >= 4 is 27.5 Å². The van der Waals surface area contributed by atoms with Crippen LogP contribution in [0.3, 0.4) is 0 Å². The molecule has 0 aliphatic carbocycles. The molecule has 0 saturated carbocycles. The maximum Gasteiger partial charge on any atom is 0.253 e.